The minimum atomic E-state index is 0.699. The lowest BCUT2D eigenvalue weighted by atomic mass is 10.00. The van der Waals surface area contributed by atoms with Gasteiger partial charge in [-0.1, -0.05) is 50.3 Å². The van der Waals surface area contributed by atoms with Crippen molar-refractivity contribution in [2.24, 2.45) is 5.92 Å². The van der Waals surface area contributed by atoms with Gasteiger partial charge in [-0.25, -0.2) is 0 Å². The Morgan fingerprint density at radius 1 is 1.45 bits per heavy atom. The molecular formula is C11H18. The molecule has 0 nitrogen and oxygen atoms in total. The molecule has 0 heteroatoms. The van der Waals surface area contributed by atoms with Crippen molar-refractivity contribution in [3.05, 3.63) is 36.5 Å². The summed E-state index contributed by atoms with van der Waals surface area (Å²) in [7, 11) is 0. The third-order valence-corrected chi connectivity index (χ3v) is 2.00. The smallest absolute Gasteiger partial charge is 0.0234 e. The van der Waals surface area contributed by atoms with Gasteiger partial charge in [0, 0.05) is 0 Å². The molecule has 0 aliphatic heterocycles. The Hall–Kier alpha value is -0.780. The highest BCUT2D eigenvalue weighted by molar-refractivity contribution is 5.15. The van der Waals surface area contributed by atoms with Gasteiger partial charge in [0.1, 0.15) is 0 Å². The number of hydrogen-bond donors (Lipinski definition) is 0. The number of hydrogen-bond acceptors (Lipinski definition) is 0. The lowest BCUT2D eigenvalue weighted by Crippen LogP contribution is -1.92. The molecule has 0 aliphatic rings. The van der Waals surface area contributed by atoms with E-state index in [0.29, 0.717) is 5.92 Å². The van der Waals surface area contributed by atoms with E-state index >= 15 is 0 Å². The molecule has 0 saturated heterocycles. The molecule has 0 aromatic rings. The zero-order valence-electron chi connectivity index (χ0n) is 7.80. The van der Waals surface area contributed by atoms with E-state index in [2.05, 4.69) is 33.4 Å². The topological polar surface area (TPSA) is 0 Å². The first-order chi connectivity index (χ1) is 5.22. The summed E-state index contributed by atoms with van der Waals surface area (Å²) in [5, 5.41) is 0. The Morgan fingerprint density at radius 2 is 2.09 bits per heavy atom. The maximum absolute atomic E-state index is 3.61. The average molecular weight is 150 g/mol. The molecular weight excluding hydrogens is 132 g/mol. The highest BCUT2D eigenvalue weighted by atomic mass is 14.0. The first-order valence-corrected chi connectivity index (χ1v) is 4.18. The van der Waals surface area contributed by atoms with Crippen LogP contribution in [0.15, 0.2) is 36.5 Å². The molecule has 0 aliphatic carbocycles. The van der Waals surface area contributed by atoms with Crippen LogP contribution in [0, 0.1) is 5.92 Å². The zero-order chi connectivity index (χ0) is 8.69. The quantitative estimate of drug-likeness (QED) is 0.536. The van der Waals surface area contributed by atoms with E-state index < -0.39 is 0 Å². The van der Waals surface area contributed by atoms with Crippen LogP contribution in [-0.2, 0) is 0 Å². The predicted molar refractivity (Wildman–Crippen MR) is 52.5 cm³/mol. The Labute approximate surface area is 70.3 Å². The molecule has 0 aromatic heterocycles. The van der Waals surface area contributed by atoms with Gasteiger partial charge in [-0.3, -0.25) is 0 Å². The van der Waals surface area contributed by atoms with E-state index in [4.69, 9.17) is 0 Å². The molecule has 0 fully saturated rings. The summed E-state index contributed by atoms with van der Waals surface area (Å²) in [6.07, 6.45) is 9.14. The number of allylic oxidation sites excluding steroid dienone is 5. The Morgan fingerprint density at radius 3 is 2.55 bits per heavy atom. The van der Waals surface area contributed by atoms with E-state index in [1.54, 1.807) is 6.08 Å². The third-order valence-electron chi connectivity index (χ3n) is 2.00. The van der Waals surface area contributed by atoms with E-state index in [0.717, 1.165) is 0 Å². The molecule has 1 atom stereocenters. The van der Waals surface area contributed by atoms with Crippen LogP contribution in [0.4, 0.5) is 0 Å². The van der Waals surface area contributed by atoms with Gasteiger partial charge in [0.25, 0.3) is 0 Å². The van der Waals surface area contributed by atoms with E-state index in [1.807, 2.05) is 12.2 Å². The van der Waals surface area contributed by atoms with Crippen LogP contribution in [0.2, 0.25) is 0 Å². The van der Waals surface area contributed by atoms with Crippen molar-refractivity contribution in [1.82, 2.24) is 0 Å². The summed E-state index contributed by atoms with van der Waals surface area (Å²) in [6.45, 7) is 10.2. The van der Waals surface area contributed by atoms with Crippen molar-refractivity contribution in [3.63, 3.8) is 0 Å². The van der Waals surface area contributed by atoms with Crippen LogP contribution in [0.1, 0.15) is 27.2 Å². The maximum Gasteiger partial charge on any atom is -0.0234 e. The van der Waals surface area contributed by atoms with Crippen molar-refractivity contribution in [3.8, 4) is 0 Å². The van der Waals surface area contributed by atoms with E-state index in [9.17, 15) is 0 Å². The first-order valence-electron chi connectivity index (χ1n) is 4.18. The summed E-state index contributed by atoms with van der Waals surface area (Å²) >= 11 is 0. The zero-order valence-corrected chi connectivity index (χ0v) is 7.80. The fourth-order valence-corrected chi connectivity index (χ4v) is 0.772. The van der Waals surface area contributed by atoms with Gasteiger partial charge in [0.2, 0.25) is 0 Å². The summed E-state index contributed by atoms with van der Waals surface area (Å²) in [4.78, 5) is 0. The molecule has 0 bridgehead atoms. The fraction of sp³-hybridized carbons (Fsp3) is 0.455. The summed E-state index contributed by atoms with van der Waals surface area (Å²) in [5.74, 6) is 0.699. The van der Waals surface area contributed by atoms with E-state index in [-0.39, 0.29) is 0 Å². The Bertz CT molecular complexity index is 161. The second kappa shape index (κ2) is 5.96. The van der Waals surface area contributed by atoms with Crippen LogP contribution in [0.3, 0.4) is 0 Å². The van der Waals surface area contributed by atoms with Gasteiger partial charge in [-0.05, 0) is 19.3 Å². The molecule has 0 saturated carbocycles. The molecule has 62 valence electrons. The second-order valence-electron chi connectivity index (χ2n) is 2.84. The second-order valence-corrected chi connectivity index (χ2v) is 2.84. The molecule has 0 spiro atoms. The van der Waals surface area contributed by atoms with Gasteiger partial charge in [0.05, 0.1) is 0 Å². The predicted octanol–water partition coefficient (Wildman–Crippen LogP) is 3.72. The lowest BCUT2D eigenvalue weighted by molar-refractivity contribution is 0.656. The molecule has 11 heavy (non-hydrogen) atoms. The SMILES string of the molecule is C=C/C=C\C=C(/C)C(C)CC. The summed E-state index contributed by atoms with van der Waals surface area (Å²) < 4.78 is 0. The van der Waals surface area contributed by atoms with Crippen molar-refractivity contribution in [2.45, 2.75) is 27.2 Å². The maximum atomic E-state index is 3.61. The van der Waals surface area contributed by atoms with Gasteiger partial charge in [0.15, 0.2) is 0 Å². The molecule has 0 radical (unpaired) electrons. The normalized spacial score (nSPS) is 15.4. The van der Waals surface area contributed by atoms with Crippen LogP contribution in [-0.4, -0.2) is 0 Å². The van der Waals surface area contributed by atoms with Crippen molar-refractivity contribution in [2.75, 3.05) is 0 Å². The highest BCUT2D eigenvalue weighted by Gasteiger charge is 1.97. The molecule has 0 rings (SSSR count). The van der Waals surface area contributed by atoms with Gasteiger partial charge in [-0.15, -0.1) is 0 Å². The molecule has 0 amide bonds. The van der Waals surface area contributed by atoms with Crippen LogP contribution < -0.4 is 0 Å². The minimum absolute atomic E-state index is 0.699. The van der Waals surface area contributed by atoms with Crippen molar-refractivity contribution < 1.29 is 0 Å². The first kappa shape index (κ1) is 10.2. The standard InChI is InChI=1S/C11H18/c1-5-7-8-9-11(4)10(3)6-2/h5,7-10H,1,6H2,2-4H3/b8-7-,11-9+. The summed E-state index contributed by atoms with van der Waals surface area (Å²) in [6, 6.07) is 0. The molecule has 0 heterocycles. The van der Waals surface area contributed by atoms with Crippen LogP contribution in [0.5, 0.6) is 0 Å². The molecule has 0 N–H and O–H groups in total. The number of rotatable bonds is 4. The monoisotopic (exact) mass is 150 g/mol. The Kier molecular flexibility index (Phi) is 5.54. The third kappa shape index (κ3) is 4.60. The van der Waals surface area contributed by atoms with E-state index in [1.165, 1.54) is 12.0 Å². The van der Waals surface area contributed by atoms with Crippen molar-refractivity contribution >= 4 is 0 Å². The van der Waals surface area contributed by atoms with Crippen molar-refractivity contribution in [1.29, 1.82) is 0 Å². The largest absolute Gasteiger partial charge is 0.0991 e. The van der Waals surface area contributed by atoms with Gasteiger partial charge in [-0.2, -0.15) is 0 Å². The van der Waals surface area contributed by atoms with Gasteiger partial charge < -0.3 is 0 Å². The lowest BCUT2D eigenvalue weighted by Gasteiger charge is -2.06. The fourth-order valence-electron chi connectivity index (χ4n) is 0.772. The highest BCUT2D eigenvalue weighted by Crippen LogP contribution is 2.12. The van der Waals surface area contributed by atoms with Gasteiger partial charge >= 0.3 is 0 Å². The Balaban J connectivity index is 3.98. The van der Waals surface area contributed by atoms with Crippen LogP contribution >= 0.6 is 0 Å². The minimum Gasteiger partial charge on any atom is -0.0991 e. The molecule has 0 aromatic carbocycles. The average Bonchev–Trinajstić information content (AvgIpc) is 2.03. The van der Waals surface area contributed by atoms with Crippen LogP contribution in [0.25, 0.3) is 0 Å². The molecule has 1 unspecified atom stereocenters. The summed E-state index contributed by atoms with van der Waals surface area (Å²) in [5.41, 5.74) is 1.44.